The molecule has 2 aromatic carbocycles. The van der Waals surface area contributed by atoms with Crippen LogP contribution in [0.5, 0.6) is 0 Å². The quantitative estimate of drug-likeness (QED) is 0.763. The second kappa shape index (κ2) is 5.99. The number of aromatic nitrogens is 2. The molecule has 1 aromatic heterocycles. The fourth-order valence-corrected chi connectivity index (χ4v) is 3.34. The van der Waals surface area contributed by atoms with E-state index < -0.39 is 0 Å². The number of hydrogen-bond donors (Lipinski definition) is 1. The topological polar surface area (TPSA) is 28.7 Å². The third-order valence-electron chi connectivity index (χ3n) is 2.44. The Labute approximate surface area is 120 Å². The Kier molecular flexibility index (Phi) is 3.91. The number of rotatable bonds is 4. The predicted molar refractivity (Wildman–Crippen MR) is 78.6 cm³/mol. The van der Waals surface area contributed by atoms with Gasteiger partial charge in [-0.15, -0.1) is 0 Å². The molecule has 0 aliphatic rings. The SMILES string of the molecule is [c]1nc(Sc2ccccc2)c(Sc2ccccc2)[nH]1. The number of nitrogens with zero attached hydrogens (tertiary/aromatic N) is 1. The molecule has 2 nitrogen and oxygen atoms in total. The van der Waals surface area contributed by atoms with Crippen molar-refractivity contribution in [2.45, 2.75) is 19.8 Å². The van der Waals surface area contributed by atoms with E-state index in [0.29, 0.717) is 0 Å². The van der Waals surface area contributed by atoms with E-state index in [0.717, 1.165) is 10.1 Å². The zero-order valence-corrected chi connectivity index (χ0v) is 11.7. The number of hydrogen-bond acceptors (Lipinski definition) is 3. The standard InChI is InChI=1S/C15H11N2S2/c1-3-7-12(8-4-1)18-14-15(17-11-16-14)19-13-9-5-2-6-10-13/h1-10H,(H,16,17). The summed E-state index contributed by atoms with van der Waals surface area (Å²) in [5.74, 6) is 0. The highest BCUT2D eigenvalue weighted by molar-refractivity contribution is 8.02. The number of H-pyrrole nitrogens is 1. The lowest BCUT2D eigenvalue weighted by molar-refractivity contribution is 1.08. The van der Waals surface area contributed by atoms with E-state index >= 15 is 0 Å². The van der Waals surface area contributed by atoms with Crippen molar-refractivity contribution in [2.24, 2.45) is 0 Å². The van der Waals surface area contributed by atoms with Crippen LogP contribution in [-0.4, -0.2) is 9.97 Å². The van der Waals surface area contributed by atoms with Crippen LogP contribution in [0.25, 0.3) is 0 Å². The molecule has 0 bridgehead atoms. The fraction of sp³-hybridized carbons (Fsp3) is 0. The number of nitrogens with one attached hydrogen (secondary N) is 1. The van der Waals surface area contributed by atoms with E-state index in [4.69, 9.17) is 0 Å². The molecule has 93 valence electrons. The second-order valence-electron chi connectivity index (χ2n) is 3.81. The summed E-state index contributed by atoms with van der Waals surface area (Å²) in [6, 6.07) is 20.5. The minimum Gasteiger partial charge on any atom is -0.329 e. The fourth-order valence-electron chi connectivity index (χ4n) is 1.58. The van der Waals surface area contributed by atoms with Crippen LogP contribution in [0.4, 0.5) is 0 Å². The Morgan fingerprint density at radius 2 is 1.37 bits per heavy atom. The smallest absolute Gasteiger partial charge is 0.175 e. The van der Waals surface area contributed by atoms with Gasteiger partial charge < -0.3 is 4.98 Å². The van der Waals surface area contributed by atoms with E-state index in [1.807, 2.05) is 36.4 Å². The van der Waals surface area contributed by atoms with Gasteiger partial charge in [0.1, 0.15) is 10.1 Å². The van der Waals surface area contributed by atoms with Gasteiger partial charge in [-0.25, -0.2) is 4.98 Å². The molecule has 0 unspecified atom stereocenters. The minimum atomic E-state index is 0.958. The minimum absolute atomic E-state index is 0.958. The van der Waals surface area contributed by atoms with Gasteiger partial charge in [0.15, 0.2) is 6.33 Å². The summed E-state index contributed by atoms with van der Waals surface area (Å²) in [5, 5.41) is 1.99. The number of aromatic amines is 1. The summed E-state index contributed by atoms with van der Waals surface area (Å²) in [7, 11) is 0. The van der Waals surface area contributed by atoms with Crippen LogP contribution in [-0.2, 0) is 0 Å². The maximum Gasteiger partial charge on any atom is 0.175 e. The third kappa shape index (κ3) is 3.22. The van der Waals surface area contributed by atoms with Crippen LogP contribution >= 0.6 is 23.5 Å². The largest absolute Gasteiger partial charge is 0.329 e. The second-order valence-corrected chi connectivity index (χ2v) is 5.96. The van der Waals surface area contributed by atoms with Gasteiger partial charge in [-0.1, -0.05) is 59.9 Å². The van der Waals surface area contributed by atoms with Crippen LogP contribution in [0.2, 0.25) is 0 Å². The highest BCUT2D eigenvalue weighted by Crippen LogP contribution is 2.35. The Hall–Kier alpha value is -1.65. The van der Waals surface area contributed by atoms with Crippen molar-refractivity contribution < 1.29 is 0 Å². The lowest BCUT2D eigenvalue weighted by Crippen LogP contribution is -1.78. The Morgan fingerprint density at radius 1 is 0.789 bits per heavy atom. The molecule has 3 rings (SSSR count). The highest BCUT2D eigenvalue weighted by atomic mass is 32.2. The molecule has 19 heavy (non-hydrogen) atoms. The Bertz CT molecular complexity index is 580. The normalized spacial score (nSPS) is 10.5. The zero-order chi connectivity index (χ0) is 12.9. The van der Waals surface area contributed by atoms with Crippen LogP contribution in [0.3, 0.4) is 0 Å². The monoisotopic (exact) mass is 283 g/mol. The average Bonchev–Trinajstić information content (AvgIpc) is 2.88. The van der Waals surface area contributed by atoms with Gasteiger partial charge in [-0.2, -0.15) is 0 Å². The van der Waals surface area contributed by atoms with Crippen molar-refractivity contribution in [3.63, 3.8) is 0 Å². The van der Waals surface area contributed by atoms with Crippen molar-refractivity contribution in [1.29, 1.82) is 0 Å². The summed E-state index contributed by atoms with van der Waals surface area (Å²) in [4.78, 5) is 9.72. The summed E-state index contributed by atoms with van der Waals surface area (Å²) in [6.07, 6.45) is 2.82. The van der Waals surface area contributed by atoms with Crippen LogP contribution in [0.15, 0.2) is 80.5 Å². The molecule has 1 heterocycles. The first-order valence-corrected chi connectivity index (χ1v) is 7.47. The lowest BCUT2D eigenvalue weighted by Gasteiger charge is -2.02. The maximum atomic E-state index is 4.27. The van der Waals surface area contributed by atoms with Crippen LogP contribution < -0.4 is 0 Å². The molecular formula is C15H11N2S2. The molecule has 0 amide bonds. The van der Waals surface area contributed by atoms with Crippen LogP contribution in [0.1, 0.15) is 0 Å². The van der Waals surface area contributed by atoms with Crippen molar-refractivity contribution >= 4 is 23.5 Å². The molecule has 0 atom stereocenters. The van der Waals surface area contributed by atoms with E-state index in [-0.39, 0.29) is 0 Å². The molecular weight excluding hydrogens is 272 g/mol. The van der Waals surface area contributed by atoms with Gasteiger partial charge in [-0.3, -0.25) is 0 Å². The molecule has 0 aliphatic heterocycles. The van der Waals surface area contributed by atoms with Crippen molar-refractivity contribution in [3.8, 4) is 0 Å². The molecule has 3 aromatic rings. The molecule has 1 N–H and O–H groups in total. The van der Waals surface area contributed by atoms with Crippen molar-refractivity contribution in [3.05, 3.63) is 67.0 Å². The third-order valence-corrected chi connectivity index (χ3v) is 4.58. The molecule has 0 saturated carbocycles. The molecule has 0 saturated heterocycles. The molecule has 1 radical (unpaired) electrons. The van der Waals surface area contributed by atoms with Gasteiger partial charge in [0.2, 0.25) is 0 Å². The van der Waals surface area contributed by atoms with E-state index in [9.17, 15) is 0 Å². The number of imidazole rings is 1. The highest BCUT2D eigenvalue weighted by Gasteiger charge is 2.09. The van der Waals surface area contributed by atoms with E-state index in [1.54, 1.807) is 23.5 Å². The van der Waals surface area contributed by atoms with E-state index in [2.05, 4.69) is 40.6 Å². The van der Waals surface area contributed by atoms with Crippen molar-refractivity contribution in [2.75, 3.05) is 0 Å². The lowest BCUT2D eigenvalue weighted by atomic mass is 10.4. The first kappa shape index (κ1) is 12.4. The molecule has 4 heteroatoms. The van der Waals surface area contributed by atoms with Crippen LogP contribution in [0, 0.1) is 6.33 Å². The molecule has 0 fully saturated rings. The van der Waals surface area contributed by atoms with Gasteiger partial charge in [-0.05, 0) is 24.3 Å². The molecule has 0 aliphatic carbocycles. The van der Waals surface area contributed by atoms with Gasteiger partial charge in [0.05, 0.1) is 0 Å². The van der Waals surface area contributed by atoms with Gasteiger partial charge >= 0.3 is 0 Å². The summed E-state index contributed by atoms with van der Waals surface area (Å²) in [6.45, 7) is 0. The van der Waals surface area contributed by atoms with Gasteiger partial charge in [0.25, 0.3) is 0 Å². The number of benzene rings is 2. The van der Waals surface area contributed by atoms with Crippen molar-refractivity contribution in [1.82, 2.24) is 9.97 Å². The average molecular weight is 283 g/mol. The summed E-state index contributed by atoms with van der Waals surface area (Å²) < 4.78 is 0. The maximum absolute atomic E-state index is 4.27. The Morgan fingerprint density at radius 3 is 2.00 bits per heavy atom. The Balaban J connectivity index is 1.79. The predicted octanol–water partition coefficient (Wildman–Crippen LogP) is 4.51. The van der Waals surface area contributed by atoms with Gasteiger partial charge in [0, 0.05) is 9.79 Å². The summed E-state index contributed by atoms with van der Waals surface area (Å²) >= 11 is 3.32. The molecule has 0 spiro atoms. The first-order valence-electron chi connectivity index (χ1n) is 5.84. The zero-order valence-electron chi connectivity index (χ0n) is 10.0. The van der Waals surface area contributed by atoms with E-state index in [1.165, 1.54) is 9.79 Å². The summed E-state index contributed by atoms with van der Waals surface area (Å²) in [5.41, 5.74) is 0. The first-order chi connectivity index (χ1) is 9.42.